The van der Waals surface area contributed by atoms with E-state index in [0.717, 1.165) is 21.6 Å². The number of hydrogen-bond donors (Lipinski definition) is 1. The summed E-state index contributed by atoms with van der Waals surface area (Å²) in [5.41, 5.74) is 3.83. The van der Waals surface area contributed by atoms with Crippen LogP contribution in [0, 0.1) is 19.7 Å². The lowest BCUT2D eigenvalue weighted by molar-refractivity contribution is -0.112. The molecule has 1 N–H and O–H groups in total. The molecule has 0 aliphatic carbocycles. The first-order chi connectivity index (χ1) is 14.7. The van der Waals surface area contributed by atoms with Gasteiger partial charge in [0.15, 0.2) is 9.84 Å². The van der Waals surface area contributed by atoms with Crippen molar-refractivity contribution in [1.82, 2.24) is 0 Å². The van der Waals surface area contributed by atoms with Gasteiger partial charge in [0.1, 0.15) is 5.82 Å². The molecular weight excluding hydrogens is 433 g/mol. The SMILES string of the molecule is Cc1cccc(C)c1CS(=O)(=O)c1ccc2c(c1)NC(=O)C(=Cc1ccc(F)cc1)S2. The molecule has 0 fully saturated rings. The third-order valence-corrected chi connectivity index (χ3v) is 7.89. The fourth-order valence-electron chi connectivity index (χ4n) is 3.39. The minimum absolute atomic E-state index is 0.0961. The fourth-order valence-corrected chi connectivity index (χ4v) is 5.90. The van der Waals surface area contributed by atoms with Crippen molar-refractivity contribution < 1.29 is 17.6 Å². The average Bonchev–Trinajstić information content (AvgIpc) is 2.72. The number of thioether (sulfide) groups is 1. The first-order valence-electron chi connectivity index (χ1n) is 9.61. The van der Waals surface area contributed by atoms with Crippen molar-refractivity contribution in [3.8, 4) is 0 Å². The van der Waals surface area contributed by atoms with Gasteiger partial charge in [-0.15, -0.1) is 0 Å². The number of nitrogens with one attached hydrogen (secondary N) is 1. The molecule has 4 rings (SSSR count). The molecule has 0 saturated carbocycles. The number of aryl methyl sites for hydroxylation is 2. The van der Waals surface area contributed by atoms with Crippen LogP contribution in [0.2, 0.25) is 0 Å². The van der Waals surface area contributed by atoms with Crippen LogP contribution in [0.15, 0.2) is 75.4 Å². The van der Waals surface area contributed by atoms with Crippen LogP contribution in [0.3, 0.4) is 0 Å². The van der Waals surface area contributed by atoms with Crippen LogP contribution in [0.25, 0.3) is 6.08 Å². The van der Waals surface area contributed by atoms with Gasteiger partial charge in [-0.1, -0.05) is 42.1 Å². The summed E-state index contributed by atoms with van der Waals surface area (Å²) < 4.78 is 39.2. The number of hydrogen-bond acceptors (Lipinski definition) is 4. The highest BCUT2D eigenvalue weighted by Crippen LogP contribution is 2.40. The Morgan fingerprint density at radius 3 is 2.35 bits per heavy atom. The van der Waals surface area contributed by atoms with Gasteiger partial charge in [-0.05, 0) is 72.5 Å². The molecule has 0 unspecified atom stereocenters. The molecule has 0 spiro atoms. The quantitative estimate of drug-likeness (QED) is 0.530. The lowest BCUT2D eigenvalue weighted by Gasteiger charge is -2.20. The summed E-state index contributed by atoms with van der Waals surface area (Å²) >= 11 is 1.25. The number of amides is 1. The Morgan fingerprint density at radius 1 is 1.00 bits per heavy atom. The topological polar surface area (TPSA) is 63.2 Å². The first kappa shape index (κ1) is 21.3. The van der Waals surface area contributed by atoms with Gasteiger partial charge in [0.05, 0.1) is 21.2 Å². The zero-order valence-corrected chi connectivity index (χ0v) is 18.6. The standard InChI is InChI=1S/C24H20FNO3S2/c1-15-4-3-5-16(2)20(15)14-31(28,29)19-10-11-22-21(13-19)26-24(27)23(30-22)12-17-6-8-18(25)9-7-17/h3-13H,14H2,1-2H3,(H,26,27). The van der Waals surface area contributed by atoms with Gasteiger partial charge < -0.3 is 5.32 Å². The van der Waals surface area contributed by atoms with Crippen molar-refractivity contribution in [2.75, 3.05) is 5.32 Å². The lowest BCUT2D eigenvalue weighted by Crippen LogP contribution is -2.18. The lowest BCUT2D eigenvalue weighted by atomic mass is 10.1. The molecule has 31 heavy (non-hydrogen) atoms. The number of carbonyl (C=O) groups is 1. The predicted octanol–water partition coefficient (Wildman–Crippen LogP) is 5.50. The van der Waals surface area contributed by atoms with E-state index in [1.165, 1.54) is 30.0 Å². The van der Waals surface area contributed by atoms with E-state index >= 15 is 0 Å². The van der Waals surface area contributed by atoms with Crippen molar-refractivity contribution in [2.45, 2.75) is 29.4 Å². The van der Waals surface area contributed by atoms with Gasteiger partial charge in [-0.2, -0.15) is 0 Å². The molecule has 0 atom stereocenters. The second-order valence-corrected chi connectivity index (χ2v) is 10.5. The van der Waals surface area contributed by atoms with Crippen LogP contribution in [0.5, 0.6) is 0 Å². The minimum atomic E-state index is -3.59. The minimum Gasteiger partial charge on any atom is -0.320 e. The van der Waals surface area contributed by atoms with E-state index in [1.807, 2.05) is 32.0 Å². The molecule has 0 bridgehead atoms. The van der Waals surface area contributed by atoms with Crippen molar-refractivity contribution in [3.63, 3.8) is 0 Å². The van der Waals surface area contributed by atoms with Crippen molar-refractivity contribution in [1.29, 1.82) is 0 Å². The molecule has 0 saturated heterocycles. The normalized spacial score (nSPS) is 14.9. The Balaban J connectivity index is 1.62. The first-order valence-corrected chi connectivity index (χ1v) is 12.1. The van der Waals surface area contributed by atoms with E-state index in [4.69, 9.17) is 0 Å². The van der Waals surface area contributed by atoms with Crippen LogP contribution in [0.1, 0.15) is 22.3 Å². The van der Waals surface area contributed by atoms with Crippen LogP contribution >= 0.6 is 11.8 Å². The Hall–Kier alpha value is -2.90. The Morgan fingerprint density at radius 2 is 1.68 bits per heavy atom. The highest BCUT2D eigenvalue weighted by molar-refractivity contribution is 8.04. The highest BCUT2D eigenvalue weighted by Gasteiger charge is 2.24. The maximum absolute atomic E-state index is 13.1. The maximum atomic E-state index is 13.1. The number of anilines is 1. The molecule has 3 aromatic carbocycles. The third-order valence-electron chi connectivity index (χ3n) is 5.15. The number of rotatable bonds is 4. The van der Waals surface area contributed by atoms with Crippen LogP contribution in [-0.2, 0) is 20.4 Å². The van der Waals surface area contributed by atoms with E-state index in [0.29, 0.717) is 16.2 Å². The molecule has 1 heterocycles. The van der Waals surface area contributed by atoms with Gasteiger partial charge in [0.25, 0.3) is 5.91 Å². The molecule has 0 aromatic heterocycles. The van der Waals surface area contributed by atoms with Crippen LogP contribution in [0.4, 0.5) is 10.1 Å². The van der Waals surface area contributed by atoms with Gasteiger partial charge in [0.2, 0.25) is 0 Å². The van der Waals surface area contributed by atoms with Crippen LogP contribution < -0.4 is 5.32 Å². The highest BCUT2D eigenvalue weighted by atomic mass is 32.2. The average molecular weight is 454 g/mol. The van der Waals surface area contributed by atoms with E-state index in [9.17, 15) is 17.6 Å². The summed E-state index contributed by atoms with van der Waals surface area (Å²) in [6, 6.07) is 16.3. The van der Waals surface area contributed by atoms with E-state index in [2.05, 4.69) is 5.32 Å². The summed E-state index contributed by atoms with van der Waals surface area (Å²) in [4.78, 5) is 13.9. The molecule has 7 heteroatoms. The third kappa shape index (κ3) is 4.57. The number of carbonyl (C=O) groups excluding carboxylic acids is 1. The smallest absolute Gasteiger partial charge is 0.262 e. The predicted molar refractivity (Wildman–Crippen MR) is 122 cm³/mol. The molecule has 158 valence electrons. The van der Waals surface area contributed by atoms with Gasteiger partial charge in [-0.3, -0.25) is 4.79 Å². The Labute approximate surface area is 185 Å². The summed E-state index contributed by atoms with van der Waals surface area (Å²) in [5, 5.41) is 2.77. The summed E-state index contributed by atoms with van der Waals surface area (Å²) in [7, 11) is -3.59. The molecule has 1 aliphatic rings. The van der Waals surface area contributed by atoms with Crippen molar-refractivity contribution in [2.24, 2.45) is 0 Å². The summed E-state index contributed by atoms with van der Waals surface area (Å²) in [5.74, 6) is -0.768. The molecular formula is C24H20FNO3S2. The van der Waals surface area contributed by atoms with E-state index in [1.54, 1.807) is 30.3 Å². The molecule has 1 amide bonds. The van der Waals surface area contributed by atoms with Gasteiger partial charge >= 0.3 is 0 Å². The van der Waals surface area contributed by atoms with E-state index < -0.39 is 9.84 Å². The summed E-state index contributed by atoms with van der Waals surface area (Å²) in [6.45, 7) is 3.80. The van der Waals surface area contributed by atoms with Crippen LogP contribution in [-0.4, -0.2) is 14.3 Å². The monoisotopic (exact) mass is 453 g/mol. The van der Waals surface area contributed by atoms with Crippen molar-refractivity contribution in [3.05, 3.63) is 93.6 Å². The Kier molecular flexibility index (Phi) is 5.73. The zero-order chi connectivity index (χ0) is 22.2. The number of halogens is 1. The fraction of sp³-hybridized carbons (Fsp3) is 0.125. The Bertz CT molecular complexity index is 1290. The van der Waals surface area contributed by atoms with E-state index in [-0.39, 0.29) is 22.4 Å². The molecule has 0 radical (unpaired) electrons. The number of benzene rings is 3. The number of sulfone groups is 1. The molecule has 3 aromatic rings. The maximum Gasteiger partial charge on any atom is 0.262 e. The molecule has 4 nitrogen and oxygen atoms in total. The zero-order valence-electron chi connectivity index (χ0n) is 17.0. The second kappa shape index (κ2) is 8.32. The van der Waals surface area contributed by atoms with Crippen molar-refractivity contribution >= 4 is 39.3 Å². The largest absolute Gasteiger partial charge is 0.320 e. The van der Waals surface area contributed by atoms with Gasteiger partial charge in [0, 0.05) is 4.90 Å². The second-order valence-electron chi connectivity index (χ2n) is 7.40. The van der Waals surface area contributed by atoms with Gasteiger partial charge in [-0.25, -0.2) is 12.8 Å². The molecule has 1 aliphatic heterocycles. The number of fused-ring (bicyclic) bond motifs is 1. The summed E-state index contributed by atoms with van der Waals surface area (Å²) in [6.07, 6.45) is 1.67.